The molecule has 3 N–H and O–H groups in total. The lowest BCUT2D eigenvalue weighted by Gasteiger charge is -2.09. The molecule has 0 heterocycles. The van der Waals surface area contributed by atoms with Crippen molar-refractivity contribution >= 4 is 28.9 Å². The van der Waals surface area contributed by atoms with Gasteiger partial charge in [-0.15, -0.1) is 0 Å². The lowest BCUT2D eigenvalue weighted by atomic mass is 10.1. The minimum Gasteiger partial charge on any atom is -0.396 e. The van der Waals surface area contributed by atoms with Crippen molar-refractivity contribution in [3.8, 4) is 0 Å². The smallest absolute Gasteiger partial charge is 0.258 e. The molecule has 2 aromatic rings. The van der Waals surface area contributed by atoms with E-state index in [1.54, 1.807) is 18.2 Å². The van der Waals surface area contributed by atoms with Crippen LogP contribution in [0.3, 0.4) is 0 Å². The third-order valence-corrected chi connectivity index (χ3v) is 3.02. The van der Waals surface area contributed by atoms with Crippen LogP contribution in [0.5, 0.6) is 0 Å². The molecule has 0 radical (unpaired) electrons. The SMILES string of the molecule is Cc1ccc(NC(=O)c2cc(N)c(F)cc2F)c(Cl)c1. The minimum atomic E-state index is -0.988. The number of carbonyl (C=O) groups is 1. The number of carbonyl (C=O) groups excluding carboxylic acids is 1. The summed E-state index contributed by atoms with van der Waals surface area (Å²) in [5, 5.41) is 2.78. The first kappa shape index (κ1) is 14.3. The maximum absolute atomic E-state index is 13.6. The summed E-state index contributed by atoms with van der Waals surface area (Å²) < 4.78 is 26.6. The molecule has 0 aliphatic rings. The highest BCUT2D eigenvalue weighted by atomic mass is 35.5. The third kappa shape index (κ3) is 2.88. The standard InChI is InChI=1S/C14H11ClF2N2O/c1-7-2-3-13(9(15)4-7)19-14(20)8-5-12(18)11(17)6-10(8)16/h2-6H,18H2,1H3,(H,19,20). The van der Waals surface area contributed by atoms with Gasteiger partial charge in [0.25, 0.3) is 5.91 Å². The molecule has 0 fully saturated rings. The van der Waals surface area contributed by atoms with Crippen molar-refractivity contribution < 1.29 is 13.6 Å². The summed E-state index contributed by atoms with van der Waals surface area (Å²) in [4.78, 5) is 11.9. The van der Waals surface area contributed by atoms with Gasteiger partial charge in [-0.2, -0.15) is 0 Å². The maximum Gasteiger partial charge on any atom is 0.258 e. The van der Waals surface area contributed by atoms with Gasteiger partial charge in [0, 0.05) is 6.07 Å². The number of anilines is 2. The Kier molecular flexibility index (Phi) is 3.90. The fraction of sp³-hybridized carbons (Fsp3) is 0.0714. The number of halogens is 3. The van der Waals surface area contributed by atoms with Crippen LogP contribution in [-0.4, -0.2) is 5.91 Å². The number of amides is 1. The third-order valence-electron chi connectivity index (χ3n) is 2.70. The highest BCUT2D eigenvalue weighted by Crippen LogP contribution is 2.24. The number of nitrogens with two attached hydrogens (primary N) is 1. The highest BCUT2D eigenvalue weighted by molar-refractivity contribution is 6.34. The van der Waals surface area contributed by atoms with Crippen LogP contribution in [0, 0.1) is 18.6 Å². The Balaban J connectivity index is 2.31. The summed E-state index contributed by atoms with van der Waals surface area (Å²) in [6.45, 7) is 1.85. The Morgan fingerprint density at radius 1 is 1.20 bits per heavy atom. The van der Waals surface area contributed by atoms with Crippen molar-refractivity contribution in [2.45, 2.75) is 6.92 Å². The van der Waals surface area contributed by atoms with E-state index in [0.29, 0.717) is 16.8 Å². The molecule has 0 aliphatic carbocycles. The fourth-order valence-electron chi connectivity index (χ4n) is 1.65. The van der Waals surface area contributed by atoms with Gasteiger partial charge < -0.3 is 11.1 Å². The molecule has 2 rings (SSSR count). The lowest BCUT2D eigenvalue weighted by Crippen LogP contribution is -2.15. The van der Waals surface area contributed by atoms with Gasteiger partial charge in [-0.05, 0) is 30.7 Å². The van der Waals surface area contributed by atoms with Gasteiger partial charge in [-0.3, -0.25) is 4.79 Å². The monoisotopic (exact) mass is 296 g/mol. The molecule has 2 aromatic carbocycles. The van der Waals surface area contributed by atoms with Crippen molar-refractivity contribution in [2.75, 3.05) is 11.1 Å². The first-order chi connectivity index (χ1) is 9.38. The average molecular weight is 297 g/mol. The van der Waals surface area contributed by atoms with E-state index in [0.717, 1.165) is 11.6 Å². The van der Waals surface area contributed by atoms with E-state index in [1.807, 2.05) is 6.92 Å². The van der Waals surface area contributed by atoms with Gasteiger partial charge >= 0.3 is 0 Å². The quantitative estimate of drug-likeness (QED) is 0.829. The van der Waals surface area contributed by atoms with Gasteiger partial charge in [0.2, 0.25) is 0 Å². The van der Waals surface area contributed by atoms with Crippen LogP contribution in [0.2, 0.25) is 5.02 Å². The summed E-state index contributed by atoms with van der Waals surface area (Å²) >= 11 is 5.96. The summed E-state index contributed by atoms with van der Waals surface area (Å²) in [5.74, 6) is -2.65. The second-order valence-electron chi connectivity index (χ2n) is 4.29. The molecule has 0 atom stereocenters. The molecular formula is C14H11ClF2N2O. The van der Waals surface area contributed by atoms with Gasteiger partial charge in [0.1, 0.15) is 11.6 Å². The normalized spacial score (nSPS) is 10.4. The molecule has 0 aromatic heterocycles. The van der Waals surface area contributed by atoms with Crippen molar-refractivity contribution in [3.05, 3.63) is 58.1 Å². The molecule has 6 heteroatoms. The molecule has 104 valence electrons. The Bertz CT molecular complexity index is 689. The van der Waals surface area contributed by atoms with Crippen molar-refractivity contribution in [1.82, 2.24) is 0 Å². The van der Waals surface area contributed by atoms with Crippen LogP contribution in [0.4, 0.5) is 20.2 Å². The van der Waals surface area contributed by atoms with Gasteiger partial charge in [-0.25, -0.2) is 8.78 Å². The zero-order chi connectivity index (χ0) is 14.9. The van der Waals surface area contributed by atoms with Crippen LogP contribution < -0.4 is 11.1 Å². The number of nitrogens with one attached hydrogen (secondary N) is 1. The molecule has 20 heavy (non-hydrogen) atoms. The van der Waals surface area contributed by atoms with E-state index >= 15 is 0 Å². The molecule has 0 aliphatic heterocycles. The van der Waals surface area contributed by atoms with Crippen LogP contribution in [-0.2, 0) is 0 Å². The van der Waals surface area contributed by atoms with Gasteiger partial charge in [-0.1, -0.05) is 17.7 Å². The molecular weight excluding hydrogens is 286 g/mol. The summed E-state index contributed by atoms with van der Waals surface area (Å²) in [6.07, 6.45) is 0. The largest absolute Gasteiger partial charge is 0.396 e. The van der Waals surface area contributed by atoms with E-state index in [4.69, 9.17) is 17.3 Å². The molecule has 1 amide bonds. The second kappa shape index (κ2) is 5.46. The summed E-state index contributed by atoms with van der Waals surface area (Å²) in [6, 6.07) is 6.52. The number of benzene rings is 2. The van der Waals surface area contributed by atoms with E-state index < -0.39 is 17.5 Å². The summed E-state index contributed by atoms with van der Waals surface area (Å²) in [5.41, 5.74) is 5.94. The predicted molar refractivity (Wildman–Crippen MR) is 74.9 cm³/mol. The van der Waals surface area contributed by atoms with Crippen LogP contribution >= 0.6 is 11.6 Å². The van der Waals surface area contributed by atoms with Gasteiger partial charge in [0.15, 0.2) is 0 Å². The topological polar surface area (TPSA) is 55.1 Å². The number of rotatable bonds is 2. The number of nitrogen functional groups attached to an aromatic ring is 1. The number of hydrogen-bond acceptors (Lipinski definition) is 2. The van der Waals surface area contributed by atoms with Gasteiger partial charge in [0.05, 0.1) is 22.0 Å². The van der Waals surface area contributed by atoms with E-state index in [1.165, 1.54) is 0 Å². The zero-order valence-corrected chi connectivity index (χ0v) is 11.3. The first-order valence-electron chi connectivity index (χ1n) is 5.70. The lowest BCUT2D eigenvalue weighted by molar-refractivity contribution is 0.102. The zero-order valence-electron chi connectivity index (χ0n) is 10.5. The van der Waals surface area contributed by atoms with E-state index in [-0.39, 0.29) is 11.3 Å². The Morgan fingerprint density at radius 3 is 2.55 bits per heavy atom. The molecule has 0 unspecified atom stereocenters. The van der Waals surface area contributed by atoms with Crippen LogP contribution in [0.1, 0.15) is 15.9 Å². The molecule has 0 bridgehead atoms. The Morgan fingerprint density at radius 2 is 1.90 bits per heavy atom. The Hall–Kier alpha value is -2.14. The number of hydrogen-bond donors (Lipinski definition) is 2. The van der Waals surface area contributed by atoms with Crippen molar-refractivity contribution in [3.63, 3.8) is 0 Å². The molecule has 0 saturated carbocycles. The van der Waals surface area contributed by atoms with Crippen molar-refractivity contribution in [2.24, 2.45) is 0 Å². The average Bonchev–Trinajstić information content (AvgIpc) is 2.37. The molecule has 0 spiro atoms. The van der Waals surface area contributed by atoms with Crippen molar-refractivity contribution in [1.29, 1.82) is 0 Å². The summed E-state index contributed by atoms with van der Waals surface area (Å²) in [7, 11) is 0. The number of aryl methyl sites for hydroxylation is 1. The second-order valence-corrected chi connectivity index (χ2v) is 4.70. The molecule has 3 nitrogen and oxygen atoms in total. The molecule has 0 saturated heterocycles. The fourth-order valence-corrected chi connectivity index (χ4v) is 1.93. The van der Waals surface area contributed by atoms with Crippen LogP contribution in [0.25, 0.3) is 0 Å². The van der Waals surface area contributed by atoms with E-state index in [2.05, 4.69) is 5.32 Å². The minimum absolute atomic E-state index is 0.299. The Labute approximate surface area is 119 Å². The maximum atomic E-state index is 13.6. The highest BCUT2D eigenvalue weighted by Gasteiger charge is 2.16. The predicted octanol–water partition coefficient (Wildman–Crippen LogP) is 3.76. The first-order valence-corrected chi connectivity index (χ1v) is 6.08. The van der Waals surface area contributed by atoms with E-state index in [9.17, 15) is 13.6 Å². The van der Waals surface area contributed by atoms with Crippen LogP contribution in [0.15, 0.2) is 30.3 Å².